The summed E-state index contributed by atoms with van der Waals surface area (Å²) in [4.78, 5) is 11.8. The molecule has 0 aromatic heterocycles. The molecule has 2 aromatic carbocycles. The molecule has 0 radical (unpaired) electrons. The van der Waals surface area contributed by atoms with Gasteiger partial charge in [0.25, 0.3) is 0 Å². The number of nitrogen functional groups attached to an aromatic ring is 1. The molecule has 0 saturated heterocycles. The first-order valence-corrected chi connectivity index (χ1v) is 7.11. The molecule has 3 N–H and O–H groups in total. The second kappa shape index (κ2) is 6.56. The van der Waals surface area contributed by atoms with Gasteiger partial charge in [-0.1, -0.05) is 18.2 Å². The Hall–Kier alpha value is -1.56. The largest absolute Gasteiger partial charge is 0.399 e. The molecule has 98 valence electrons. The molecule has 2 aromatic rings. The molecular formula is C15H15IN2O. The van der Waals surface area contributed by atoms with E-state index in [2.05, 4.69) is 27.9 Å². The Bertz CT molecular complexity index is 567. The van der Waals surface area contributed by atoms with Crippen molar-refractivity contribution in [3.8, 4) is 0 Å². The van der Waals surface area contributed by atoms with Crippen LogP contribution in [-0.4, -0.2) is 5.91 Å². The lowest BCUT2D eigenvalue weighted by Gasteiger charge is -2.06. The maximum Gasteiger partial charge on any atom is 0.224 e. The van der Waals surface area contributed by atoms with Gasteiger partial charge in [-0.05, 0) is 64.9 Å². The van der Waals surface area contributed by atoms with Crippen molar-refractivity contribution < 1.29 is 4.79 Å². The van der Waals surface area contributed by atoms with Crippen LogP contribution in [0.3, 0.4) is 0 Å². The lowest BCUT2D eigenvalue weighted by Crippen LogP contribution is -2.12. The summed E-state index contributed by atoms with van der Waals surface area (Å²) in [7, 11) is 0. The van der Waals surface area contributed by atoms with Crippen LogP contribution in [0.1, 0.15) is 12.0 Å². The topological polar surface area (TPSA) is 55.1 Å². The third-order valence-corrected chi connectivity index (χ3v) is 3.40. The first kappa shape index (κ1) is 13.9. The predicted molar refractivity (Wildman–Crippen MR) is 87.0 cm³/mol. The van der Waals surface area contributed by atoms with Crippen molar-refractivity contribution in [2.24, 2.45) is 0 Å². The number of amides is 1. The van der Waals surface area contributed by atoms with E-state index in [9.17, 15) is 4.79 Å². The Morgan fingerprint density at radius 2 is 1.89 bits per heavy atom. The van der Waals surface area contributed by atoms with Crippen LogP contribution in [0.4, 0.5) is 11.4 Å². The Balaban J connectivity index is 1.86. The van der Waals surface area contributed by atoms with E-state index in [0.29, 0.717) is 6.42 Å². The van der Waals surface area contributed by atoms with Crippen LogP contribution in [-0.2, 0) is 11.2 Å². The van der Waals surface area contributed by atoms with E-state index >= 15 is 0 Å². The first-order valence-electron chi connectivity index (χ1n) is 6.03. The van der Waals surface area contributed by atoms with Crippen LogP contribution in [0.25, 0.3) is 0 Å². The van der Waals surface area contributed by atoms with E-state index in [1.165, 1.54) is 0 Å². The number of halogens is 1. The Labute approximate surface area is 126 Å². The number of carbonyl (C=O) groups excluding carboxylic acids is 1. The van der Waals surface area contributed by atoms with Crippen LogP contribution in [0.5, 0.6) is 0 Å². The molecule has 2 rings (SSSR count). The van der Waals surface area contributed by atoms with E-state index in [1.807, 2.05) is 48.5 Å². The highest BCUT2D eigenvalue weighted by Gasteiger charge is 2.03. The number of nitrogens with one attached hydrogen (secondary N) is 1. The Kier molecular flexibility index (Phi) is 4.79. The summed E-state index contributed by atoms with van der Waals surface area (Å²) in [6, 6.07) is 15.4. The number of hydrogen-bond donors (Lipinski definition) is 2. The summed E-state index contributed by atoms with van der Waals surface area (Å²) in [5.41, 5.74) is 8.32. The second-order valence-electron chi connectivity index (χ2n) is 4.30. The van der Waals surface area contributed by atoms with E-state index in [4.69, 9.17) is 5.73 Å². The van der Waals surface area contributed by atoms with E-state index < -0.39 is 0 Å². The summed E-state index contributed by atoms with van der Waals surface area (Å²) in [6.07, 6.45) is 1.19. The van der Waals surface area contributed by atoms with Gasteiger partial charge in [-0.25, -0.2) is 0 Å². The zero-order valence-corrected chi connectivity index (χ0v) is 12.6. The van der Waals surface area contributed by atoms with Crippen molar-refractivity contribution in [3.05, 3.63) is 57.7 Å². The number of benzene rings is 2. The maximum absolute atomic E-state index is 11.8. The molecule has 0 fully saturated rings. The molecule has 0 aliphatic carbocycles. The summed E-state index contributed by atoms with van der Waals surface area (Å²) in [6.45, 7) is 0. The molecular weight excluding hydrogens is 351 g/mol. The highest BCUT2D eigenvalue weighted by molar-refractivity contribution is 14.1. The SMILES string of the molecule is Nc1ccc(CCC(=O)Nc2cccc(I)c2)cc1. The van der Waals surface area contributed by atoms with Gasteiger partial charge >= 0.3 is 0 Å². The van der Waals surface area contributed by atoms with Crippen molar-refractivity contribution in [2.75, 3.05) is 11.1 Å². The Morgan fingerprint density at radius 1 is 1.16 bits per heavy atom. The highest BCUT2D eigenvalue weighted by atomic mass is 127. The van der Waals surface area contributed by atoms with Gasteiger partial charge in [0.2, 0.25) is 5.91 Å². The number of rotatable bonds is 4. The number of anilines is 2. The zero-order chi connectivity index (χ0) is 13.7. The van der Waals surface area contributed by atoms with Crippen molar-refractivity contribution in [1.82, 2.24) is 0 Å². The number of hydrogen-bond acceptors (Lipinski definition) is 2. The van der Waals surface area contributed by atoms with E-state index in [-0.39, 0.29) is 5.91 Å². The molecule has 0 aliphatic rings. The van der Waals surface area contributed by atoms with Crippen LogP contribution < -0.4 is 11.1 Å². The molecule has 1 amide bonds. The predicted octanol–water partition coefficient (Wildman–Crippen LogP) is 3.44. The maximum atomic E-state index is 11.8. The highest BCUT2D eigenvalue weighted by Crippen LogP contribution is 2.13. The molecule has 0 unspecified atom stereocenters. The third kappa shape index (κ3) is 4.55. The van der Waals surface area contributed by atoms with Gasteiger partial charge in [0, 0.05) is 21.4 Å². The average molecular weight is 366 g/mol. The molecule has 3 nitrogen and oxygen atoms in total. The van der Waals surface area contributed by atoms with E-state index in [0.717, 1.165) is 26.9 Å². The fourth-order valence-electron chi connectivity index (χ4n) is 1.73. The van der Waals surface area contributed by atoms with Gasteiger partial charge in [0.15, 0.2) is 0 Å². The molecule has 0 saturated carbocycles. The molecule has 0 heterocycles. The van der Waals surface area contributed by atoms with Gasteiger partial charge in [0.05, 0.1) is 0 Å². The number of aryl methyl sites for hydroxylation is 1. The minimum absolute atomic E-state index is 0.0267. The average Bonchev–Trinajstić information content (AvgIpc) is 2.38. The minimum atomic E-state index is 0.0267. The lowest BCUT2D eigenvalue weighted by atomic mass is 10.1. The molecule has 0 spiro atoms. The standard InChI is InChI=1S/C15H15IN2O/c16-12-2-1-3-14(10-12)18-15(19)9-6-11-4-7-13(17)8-5-11/h1-5,7-8,10H,6,9,17H2,(H,18,19). The normalized spacial score (nSPS) is 10.2. The molecule has 4 heteroatoms. The molecule has 0 aliphatic heterocycles. The van der Waals surface area contributed by atoms with E-state index in [1.54, 1.807) is 0 Å². The fraction of sp³-hybridized carbons (Fsp3) is 0.133. The monoisotopic (exact) mass is 366 g/mol. The van der Waals surface area contributed by atoms with Gasteiger partial charge in [0.1, 0.15) is 0 Å². The first-order chi connectivity index (χ1) is 9.13. The van der Waals surface area contributed by atoms with Crippen molar-refractivity contribution in [2.45, 2.75) is 12.8 Å². The minimum Gasteiger partial charge on any atom is -0.399 e. The summed E-state index contributed by atoms with van der Waals surface area (Å²) in [5.74, 6) is 0.0267. The third-order valence-electron chi connectivity index (χ3n) is 2.73. The smallest absolute Gasteiger partial charge is 0.224 e. The Morgan fingerprint density at radius 3 is 2.58 bits per heavy atom. The van der Waals surface area contributed by atoms with Crippen LogP contribution in [0.2, 0.25) is 0 Å². The van der Waals surface area contributed by atoms with Crippen LogP contribution >= 0.6 is 22.6 Å². The molecule has 19 heavy (non-hydrogen) atoms. The van der Waals surface area contributed by atoms with Crippen molar-refractivity contribution in [1.29, 1.82) is 0 Å². The molecule has 0 bridgehead atoms. The van der Waals surface area contributed by atoms with Gasteiger partial charge in [-0.3, -0.25) is 4.79 Å². The van der Waals surface area contributed by atoms with Crippen LogP contribution in [0.15, 0.2) is 48.5 Å². The number of carbonyl (C=O) groups is 1. The zero-order valence-electron chi connectivity index (χ0n) is 10.4. The van der Waals surface area contributed by atoms with Crippen LogP contribution in [0, 0.1) is 3.57 Å². The summed E-state index contributed by atoms with van der Waals surface area (Å²) >= 11 is 2.22. The fourth-order valence-corrected chi connectivity index (χ4v) is 2.27. The van der Waals surface area contributed by atoms with Crippen molar-refractivity contribution in [3.63, 3.8) is 0 Å². The summed E-state index contributed by atoms with van der Waals surface area (Å²) in [5, 5.41) is 2.90. The lowest BCUT2D eigenvalue weighted by molar-refractivity contribution is -0.116. The van der Waals surface area contributed by atoms with Crippen molar-refractivity contribution >= 4 is 39.9 Å². The number of nitrogens with two attached hydrogens (primary N) is 1. The quantitative estimate of drug-likeness (QED) is 0.643. The molecule has 0 atom stereocenters. The second-order valence-corrected chi connectivity index (χ2v) is 5.55. The van der Waals surface area contributed by atoms with Gasteiger partial charge in [-0.15, -0.1) is 0 Å². The van der Waals surface area contributed by atoms with Gasteiger partial charge < -0.3 is 11.1 Å². The van der Waals surface area contributed by atoms with Gasteiger partial charge in [-0.2, -0.15) is 0 Å². The summed E-state index contributed by atoms with van der Waals surface area (Å²) < 4.78 is 1.11.